The summed E-state index contributed by atoms with van der Waals surface area (Å²) in [7, 11) is 0. The van der Waals surface area contributed by atoms with Gasteiger partial charge < -0.3 is 9.42 Å². The fraction of sp³-hybridized carbons (Fsp3) is 0.375. The lowest BCUT2D eigenvalue weighted by atomic mass is 9.90. The van der Waals surface area contributed by atoms with Crippen LogP contribution in [0.1, 0.15) is 42.1 Å². The third kappa shape index (κ3) is 4.76. The minimum absolute atomic E-state index is 0.162. The molecular weight excluding hydrogens is 376 g/mol. The van der Waals surface area contributed by atoms with Crippen LogP contribution < -0.4 is 0 Å². The maximum atomic E-state index is 13.5. The van der Waals surface area contributed by atoms with Crippen molar-refractivity contribution < 1.29 is 9.32 Å². The number of piperazine rings is 1. The second-order valence-electron chi connectivity index (χ2n) is 7.71. The molecule has 0 radical (unpaired) electrons. The molecule has 2 aromatic carbocycles. The first-order valence-electron chi connectivity index (χ1n) is 10.7. The minimum Gasteiger partial charge on any atom is -0.339 e. The van der Waals surface area contributed by atoms with E-state index in [2.05, 4.69) is 22.0 Å². The first-order valence-corrected chi connectivity index (χ1v) is 10.7. The highest BCUT2D eigenvalue weighted by atomic mass is 16.5. The second kappa shape index (κ2) is 9.67. The smallest absolute Gasteiger partial charge is 0.240 e. The summed E-state index contributed by atoms with van der Waals surface area (Å²) in [6.07, 6.45) is 1.84. The molecule has 6 heteroatoms. The molecule has 0 unspecified atom stereocenters. The Morgan fingerprint density at radius 3 is 2.13 bits per heavy atom. The molecule has 30 heavy (non-hydrogen) atoms. The summed E-state index contributed by atoms with van der Waals surface area (Å²) >= 11 is 0. The number of carbonyl (C=O) groups excluding carboxylic acids is 1. The van der Waals surface area contributed by atoms with Crippen molar-refractivity contribution in [2.45, 2.75) is 32.2 Å². The first-order chi connectivity index (χ1) is 14.7. The van der Waals surface area contributed by atoms with Gasteiger partial charge in [0.25, 0.3) is 0 Å². The zero-order valence-corrected chi connectivity index (χ0v) is 17.4. The van der Waals surface area contributed by atoms with Gasteiger partial charge in [-0.3, -0.25) is 9.69 Å². The molecule has 2 heterocycles. The van der Waals surface area contributed by atoms with Gasteiger partial charge in [0, 0.05) is 32.6 Å². The molecule has 1 amide bonds. The van der Waals surface area contributed by atoms with E-state index in [4.69, 9.17) is 4.52 Å². The van der Waals surface area contributed by atoms with Crippen molar-refractivity contribution in [3.05, 3.63) is 83.5 Å². The first kappa shape index (κ1) is 20.3. The number of carbonyl (C=O) groups is 1. The summed E-state index contributed by atoms with van der Waals surface area (Å²) in [6, 6.07) is 20.1. The largest absolute Gasteiger partial charge is 0.339 e. The lowest BCUT2D eigenvalue weighted by Gasteiger charge is -2.36. The van der Waals surface area contributed by atoms with Crippen molar-refractivity contribution in [1.29, 1.82) is 0 Å². The molecule has 0 atom stereocenters. The topological polar surface area (TPSA) is 62.5 Å². The quantitative estimate of drug-likeness (QED) is 0.603. The standard InChI is InChI=1S/C24H28N4O2/c1-2-9-21-25-22(30-26-21)18-27-14-16-28(17-15-27)24(29)23(19-10-5-3-6-11-19)20-12-7-4-8-13-20/h3-8,10-13,23H,2,9,14-18H2,1H3. The van der Waals surface area contributed by atoms with Crippen LogP contribution >= 0.6 is 0 Å². The minimum atomic E-state index is -0.272. The summed E-state index contributed by atoms with van der Waals surface area (Å²) in [4.78, 5) is 22.2. The Morgan fingerprint density at radius 2 is 1.57 bits per heavy atom. The molecule has 0 spiro atoms. The van der Waals surface area contributed by atoms with E-state index in [1.807, 2.05) is 65.6 Å². The van der Waals surface area contributed by atoms with E-state index in [0.29, 0.717) is 25.5 Å². The van der Waals surface area contributed by atoms with Crippen LogP contribution in [0, 0.1) is 0 Å². The Balaban J connectivity index is 1.41. The molecule has 0 aliphatic carbocycles. The van der Waals surface area contributed by atoms with Gasteiger partial charge in [-0.1, -0.05) is 72.7 Å². The average molecular weight is 405 g/mol. The number of hydrogen-bond donors (Lipinski definition) is 0. The van der Waals surface area contributed by atoms with E-state index in [0.717, 1.165) is 42.9 Å². The highest BCUT2D eigenvalue weighted by Gasteiger charge is 2.30. The summed E-state index contributed by atoms with van der Waals surface area (Å²) in [6.45, 7) is 5.74. The number of hydrogen-bond acceptors (Lipinski definition) is 5. The van der Waals surface area contributed by atoms with Gasteiger partial charge in [-0.2, -0.15) is 4.98 Å². The van der Waals surface area contributed by atoms with E-state index in [1.54, 1.807) is 0 Å². The van der Waals surface area contributed by atoms with Crippen LogP contribution in [0.3, 0.4) is 0 Å². The lowest BCUT2D eigenvalue weighted by Crippen LogP contribution is -2.49. The Morgan fingerprint density at radius 1 is 0.967 bits per heavy atom. The molecule has 1 aliphatic heterocycles. The van der Waals surface area contributed by atoms with Gasteiger partial charge in [-0.15, -0.1) is 0 Å². The van der Waals surface area contributed by atoms with Crippen molar-refractivity contribution in [1.82, 2.24) is 19.9 Å². The van der Waals surface area contributed by atoms with Gasteiger partial charge in [0.15, 0.2) is 5.82 Å². The SMILES string of the molecule is CCCc1noc(CN2CCN(C(=O)C(c3ccccc3)c3ccccc3)CC2)n1. The Bertz CT molecular complexity index is 895. The van der Waals surface area contributed by atoms with Crippen LogP contribution in [0.5, 0.6) is 0 Å². The van der Waals surface area contributed by atoms with Crippen molar-refractivity contribution in [2.24, 2.45) is 0 Å². The van der Waals surface area contributed by atoms with Crippen LogP contribution in [0.4, 0.5) is 0 Å². The van der Waals surface area contributed by atoms with E-state index in [-0.39, 0.29) is 11.8 Å². The maximum Gasteiger partial charge on any atom is 0.240 e. The molecule has 1 saturated heterocycles. The number of rotatable bonds is 7. The third-order valence-corrected chi connectivity index (χ3v) is 5.54. The molecule has 1 aliphatic rings. The monoisotopic (exact) mass is 404 g/mol. The molecule has 0 N–H and O–H groups in total. The molecule has 156 valence electrons. The van der Waals surface area contributed by atoms with E-state index in [1.165, 1.54) is 0 Å². The molecule has 3 aromatic rings. The predicted molar refractivity (Wildman–Crippen MR) is 115 cm³/mol. The van der Waals surface area contributed by atoms with Crippen LogP contribution in [-0.4, -0.2) is 52.0 Å². The summed E-state index contributed by atoms with van der Waals surface area (Å²) < 4.78 is 5.36. The molecule has 0 bridgehead atoms. The van der Waals surface area contributed by atoms with E-state index in [9.17, 15) is 4.79 Å². The van der Waals surface area contributed by atoms with Gasteiger partial charge in [0.1, 0.15) is 0 Å². The highest BCUT2D eigenvalue weighted by molar-refractivity contribution is 5.87. The number of benzene rings is 2. The lowest BCUT2D eigenvalue weighted by molar-refractivity contribution is -0.133. The van der Waals surface area contributed by atoms with Crippen molar-refractivity contribution in [3.63, 3.8) is 0 Å². The molecular formula is C24H28N4O2. The Kier molecular flexibility index (Phi) is 6.54. The molecule has 0 saturated carbocycles. The Labute approximate surface area is 177 Å². The van der Waals surface area contributed by atoms with Crippen LogP contribution in [0.25, 0.3) is 0 Å². The van der Waals surface area contributed by atoms with Gasteiger partial charge in [-0.25, -0.2) is 0 Å². The average Bonchev–Trinajstić information content (AvgIpc) is 3.23. The van der Waals surface area contributed by atoms with E-state index >= 15 is 0 Å². The fourth-order valence-corrected chi connectivity index (χ4v) is 3.95. The van der Waals surface area contributed by atoms with Crippen LogP contribution in [0.2, 0.25) is 0 Å². The number of aryl methyl sites for hydroxylation is 1. The van der Waals surface area contributed by atoms with Gasteiger partial charge in [0.2, 0.25) is 11.8 Å². The number of amides is 1. The number of aromatic nitrogens is 2. The predicted octanol–water partition coefficient (Wildman–Crippen LogP) is 3.50. The zero-order valence-electron chi connectivity index (χ0n) is 17.4. The van der Waals surface area contributed by atoms with Crippen LogP contribution in [0.15, 0.2) is 65.2 Å². The van der Waals surface area contributed by atoms with Crippen molar-refractivity contribution in [2.75, 3.05) is 26.2 Å². The van der Waals surface area contributed by atoms with Gasteiger partial charge in [-0.05, 0) is 17.5 Å². The molecule has 6 nitrogen and oxygen atoms in total. The summed E-state index contributed by atoms with van der Waals surface area (Å²) in [5.41, 5.74) is 2.07. The van der Waals surface area contributed by atoms with Gasteiger partial charge >= 0.3 is 0 Å². The normalized spacial score (nSPS) is 14.9. The highest BCUT2D eigenvalue weighted by Crippen LogP contribution is 2.27. The molecule has 1 fully saturated rings. The van der Waals surface area contributed by atoms with Crippen LogP contribution in [-0.2, 0) is 17.8 Å². The Hall–Kier alpha value is -2.99. The van der Waals surface area contributed by atoms with Crippen molar-refractivity contribution in [3.8, 4) is 0 Å². The third-order valence-electron chi connectivity index (χ3n) is 5.54. The van der Waals surface area contributed by atoms with Gasteiger partial charge in [0.05, 0.1) is 12.5 Å². The van der Waals surface area contributed by atoms with Crippen molar-refractivity contribution >= 4 is 5.91 Å². The number of nitrogens with zero attached hydrogens (tertiary/aromatic N) is 4. The second-order valence-corrected chi connectivity index (χ2v) is 7.71. The molecule has 4 rings (SSSR count). The van der Waals surface area contributed by atoms with E-state index < -0.39 is 0 Å². The molecule has 1 aromatic heterocycles. The summed E-state index contributed by atoms with van der Waals surface area (Å²) in [5, 5.41) is 4.03. The zero-order chi connectivity index (χ0) is 20.8. The summed E-state index contributed by atoms with van der Waals surface area (Å²) in [5.74, 6) is 1.32. The fourth-order valence-electron chi connectivity index (χ4n) is 3.95. The maximum absolute atomic E-state index is 13.5.